The van der Waals surface area contributed by atoms with Gasteiger partial charge >= 0.3 is 0 Å². The first-order chi connectivity index (χ1) is 6.02. The number of aliphatic hydroxyl groups is 1. The molecule has 4 nitrogen and oxygen atoms in total. The topological polar surface area (TPSA) is 50.7 Å². The smallest absolute Gasteiger partial charge is 0.135 e. The lowest BCUT2D eigenvalue weighted by Gasteiger charge is -2.27. The van der Waals surface area contributed by atoms with E-state index < -0.39 is 6.23 Å². The van der Waals surface area contributed by atoms with Crippen LogP contribution in [0, 0.1) is 5.92 Å². The zero-order chi connectivity index (χ0) is 10.4. The molecular formula is C9H21NO3. The molecule has 2 N–H and O–H groups in total. The Balaban J connectivity index is 3.97. The molecule has 0 aromatic rings. The number of hydrogen-bond donors (Lipinski definition) is 2. The Morgan fingerprint density at radius 2 is 1.62 bits per heavy atom. The summed E-state index contributed by atoms with van der Waals surface area (Å²) in [5, 5.41) is 12.5. The third-order valence-electron chi connectivity index (χ3n) is 2.02. The maximum Gasteiger partial charge on any atom is 0.135 e. The molecule has 0 spiro atoms. The van der Waals surface area contributed by atoms with Gasteiger partial charge in [-0.25, -0.2) is 0 Å². The summed E-state index contributed by atoms with van der Waals surface area (Å²) in [5.41, 5.74) is 0. The minimum absolute atomic E-state index is 0.0848. The summed E-state index contributed by atoms with van der Waals surface area (Å²) in [6.45, 7) is 5.75. The van der Waals surface area contributed by atoms with Crippen LogP contribution in [-0.2, 0) is 9.47 Å². The first-order valence-corrected chi connectivity index (χ1v) is 4.52. The van der Waals surface area contributed by atoms with E-state index in [1.165, 1.54) is 0 Å². The van der Waals surface area contributed by atoms with Gasteiger partial charge in [-0.05, 0) is 12.8 Å². The molecule has 0 radical (unpaired) electrons. The average molecular weight is 191 g/mol. The molecular weight excluding hydrogens is 170 g/mol. The van der Waals surface area contributed by atoms with Crippen molar-refractivity contribution in [1.82, 2.24) is 5.32 Å². The third-order valence-corrected chi connectivity index (χ3v) is 2.02. The maximum absolute atomic E-state index is 9.53. The summed E-state index contributed by atoms with van der Waals surface area (Å²) in [6, 6.07) is 0. The molecule has 80 valence electrons. The Morgan fingerprint density at radius 1 is 1.08 bits per heavy atom. The van der Waals surface area contributed by atoms with Crippen molar-refractivity contribution in [2.24, 2.45) is 5.92 Å². The largest absolute Gasteiger partial charge is 0.378 e. The lowest BCUT2D eigenvalue weighted by Crippen LogP contribution is -2.48. The van der Waals surface area contributed by atoms with Gasteiger partial charge in [0.15, 0.2) is 0 Å². The summed E-state index contributed by atoms with van der Waals surface area (Å²) >= 11 is 0. The molecule has 0 aromatic carbocycles. The predicted octanol–water partition coefficient (Wildman–Crippen LogP) is 0.558. The van der Waals surface area contributed by atoms with Gasteiger partial charge in [-0.3, -0.25) is 5.32 Å². The van der Waals surface area contributed by atoms with Crippen molar-refractivity contribution >= 4 is 0 Å². The quantitative estimate of drug-likeness (QED) is 0.602. The van der Waals surface area contributed by atoms with E-state index in [0.29, 0.717) is 0 Å². The Kier molecular flexibility index (Phi) is 6.24. The van der Waals surface area contributed by atoms with Gasteiger partial charge in [-0.15, -0.1) is 0 Å². The van der Waals surface area contributed by atoms with Crippen LogP contribution in [0.5, 0.6) is 0 Å². The summed E-state index contributed by atoms with van der Waals surface area (Å²) in [5.74, 6) is 0.154. The van der Waals surface area contributed by atoms with Crippen LogP contribution in [0.3, 0.4) is 0 Å². The number of rotatable bonds is 6. The normalized spacial score (nSPS) is 18.7. The van der Waals surface area contributed by atoms with Crippen LogP contribution < -0.4 is 5.32 Å². The van der Waals surface area contributed by atoms with Gasteiger partial charge in [-0.1, -0.05) is 13.8 Å². The van der Waals surface area contributed by atoms with Gasteiger partial charge in [0, 0.05) is 14.2 Å². The molecule has 3 atom stereocenters. The van der Waals surface area contributed by atoms with E-state index in [4.69, 9.17) is 9.47 Å². The number of aliphatic hydroxyl groups excluding tert-OH is 1. The Morgan fingerprint density at radius 3 is 1.92 bits per heavy atom. The van der Waals surface area contributed by atoms with Gasteiger partial charge in [0.25, 0.3) is 0 Å². The standard InChI is InChI=1S/C9H21NO3/c1-6(2)8(11)10-9(13-5)7(3)12-4/h6-11H,1-5H3. The van der Waals surface area contributed by atoms with E-state index in [9.17, 15) is 5.11 Å². The molecule has 3 unspecified atom stereocenters. The molecule has 0 aliphatic heterocycles. The van der Waals surface area contributed by atoms with Crippen LogP contribution in [-0.4, -0.2) is 37.9 Å². The highest BCUT2D eigenvalue weighted by molar-refractivity contribution is 4.67. The Labute approximate surface area is 80.2 Å². The summed E-state index contributed by atoms with van der Waals surface area (Å²) in [7, 11) is 3.19. The molecule has 0 heterocycles. The molecule has 0 saturated carbocycles. The van der Waals surface area contributed by atoms with Crippen molar-refractivity contribution in [2.45, 2.75) is 39.3 Å². The lowest BCUT2D eigenvalue weighted by molar-refractivity contribution is -0.0775. The lowest BCUT2D eigenvalue weighted by atomic mass is 10.2. The second kappa shape index (κ2) is 6.32. The average Bonchev–Trinajstić information content (AvgIpc) is 2.12. The molecule has 0 amide bonds. The molecule has 4 heteroatoms. The van der Waals surface area contributed by atoms with Crippen molar-refractivity contribution in [3.8, 4) is 0 Å². The highest BCUT2D eigenvalue weighted by Crippen LogP contribution is 2.03. The Hall–Kier alpha value is -0.160. The van der Waals surface area contributed by atoms with Gasteiger partial charge in [0.05, 0.1) is 6.10 Å². The molecule has 0 rings (SSSR count). The fourth-order valence-corrected chi connectivity index (χ4v) is 0.880. The van der Waals surface area contributed by atoms with Crippen molar-refractivity contribution in [1.29, 1.82) is 0 Å². The van der Waals surface area contributed by atoms with Gasteiger partial charge < -0.3 is 14.6 Å². The number of methoxy groups -OCH3 is 2. The third kappa shape index (κ3) is 4.57. The van der Waals surface area contributed by atoms with E-state index in [1.54, 1.807) is 14.2 Å². The molecule has 0 fully saturated rings. The minimum Gasteiger partial charge on any atom is -0.378 e. The second-order valence-corrected chi connectivity index (χ2v) is 3.45. The maximum atomic E-state index is 9.53. The highest BCUT2D eigenvalue weighted by Gasteiger charge is 2.20. The van der Waals surface area contributed by atoms with Crippen molar-refractivity contribution in [3.63, 3.8) is 0 Å². The SMILES string of the molecule is COC(C)C(NC(O)C(C)C)OC. The Bertz CT molecular complexity index is 130. The first kappa shape index (κ1) is 12.8. The summed E-state index contributed by atoms with van der Waals surface area (Å²) in [6.07, 6.45) is -0.927. The highest BCUT2D eigenvalue weighted by atomic mass is 16.5. The van der Waals surface area contributed by atoms with E-state index in [2.05, 4.69) is 5.32 Å². The van der Waals surface area contributed by atoms with Crippen LogP contribution in [0.4, 0.5) is 0 Å². The second-order valence-electron chi connectivity index (χ2n) is 3.45. The van der Waals surface area contributed by atoms with Crippen LogP contribution in [0.25, 0.3) is 0 Å². The number of hydrogen-bond acceptors (Lipinski definition) is 4. The molecule has 0 aliphatic rings. The molecule has 0 aromatic heterocycles. The van der Waals surface area contributed by atoms with E-state index in [1.807, 2.05) is 20.8 Å². The van der Waals surface area contributed by atoms with E-state index in [-0.39, 0.29) is 18.2 Å². The minimum atomic E-state index is -0.567. The first-order valence-electron chi connectivity index (χ1n) is 4.52. The van der Waals surface area contributed by atoms with Crippen molar-refractivity contribution in [2.75, 3.05) is 14.2 Å². The number of ether oxygens (including phenoxy) is 2. The van der Waals surface area contributed by atoms with Gasteiger partial charge in [0.2, 0.25) is 0 Å². The molecule has 0 bridgehead atoms. The van der Waals surface area contributed by atoms with Gasteiger partial charge in [0.1, 0.15) is 12.5 Å². The zero-order valence-corrected chi connectivity index (χ0v) is 9.07. The van der Waals surface area contributed by atoms with Crippen LogP contribution in [0.1, 0.15) is 20.8 Å². The summed E-state index contributed by atoms with van der Waals surface area (Å²) < 4.78 is 10.2. The predicted molar refractivity (Wildman–Crippen MR) is 51.2 cm³/mol. The fourth-order valence-electron chi connectivity index (χ4n) is 0.880. The fraction of sp³-hybridized carbons (Fsp3) is 1.00. The monoisotopic (exact) mass is 191 g/mol. The summed E-state index contributed by atoms with van der Waals surface area (Å²) in [4.78, 5) is 0. The molecule has 0 saturated heterocycles. The van der Waals surface area contributed by atoms with Crippen molar-refractivity contribution < 1.29 is 14.6 Å². The van der Waals surface area contributed by atoms with E-state index >= 15 is 0 Å². The van der Waals surface area contributed by atoms with Gasteiger partial charge in [-0.2, -0.15) is 0 Å². The van der Waals surface area contributed by atoms with E-state index in [0.717, 1.165) is 0 Å². The molecule has 0 aliphatic carbocycles. The van der Waals surface area contributed by atoms with Crippen LogP contribution in [0.15, 0.2) is 0 Å². The number of nitrogens with one attached hydrogen (secondary N) is 1. The van der Waals surface area contributed by atoms with Crippen molar-refractivity contribution in [3.05, 3.63) is 0 Å². The molecule has 13 heavy (non-hydrogen) atoms. The zero-order valence-electron chi connectivity index (χ0n) is 9.07. The van der Waals surface area contributed by atoms with Crippen LogP contribution in [0.2, 0.25) is 0 Å². The van der Waals surface area contributed by atoms with Crippen LogP contribution >= 0.6 is 0 Å².